The quantitative estimate of drug-likeness (QED) is 0.781. The van der Waals surface area contributed by atoms with E-state index in [9.17, 15) is 4.79 Å². The standard InChI is InChI=1S/C11H15NO2/c1-8-5-4-6-10(9(8)2)7-14-11(13)12-3/h4-6H,7H2,1-3H3,(H,12,13). The summed E-state index contributed by atoms with van der Waals surface area (Å²) in [5.74, 6) is 0. The van der Waals surface area contributed by atoms with E-state index in [0.29, 0.717) is 6.61 Å². The van der Waals surface area contributed by atoms with Gasteiger partial charge in [-0.25, -0.2) is 4.79 Å². The Kier molecular flexibility index (Phi) is 3.51. The molecule has 1 rings (SSSR count). The van der Waals surface area contributed by atoms with E-state index in [1.807, 2.05) is 32.0 Å². The molecule has 1 aromatic carbocycles. The summed E-state index contributed by atoms with van der Waals surface area (Å²) in [7, 11) is 1.55. The van der Waals surface area contributed by atoms with E-state index in [1.54, 1.807) is 7.05 Å². The maximum Gasteiger partial charge on any atom is 0.407 e. The van der Waals surface area contributed by atoms with Gasteiger partial charge in [0.05, 0.1) is 0 Å². The summed E-state index contributed by atoms with van der Waals surface area (Å²) in [4.78, 5) is 10.8. The van der Waals surface area contributed by atoms with Gasteiger partial charge >= 0.3 is 6.09 Å². The second kappa shape index (κ2) is 4.65. The molecule has 3 nitrogen and oxygen atoms in total. The average Bonchev–Trinajstić information content (AvgIpc) is 2.20. The highest BCUT2D eigenvalue weighted by Gasteiger charge is 2.03. The van der Waals surface area contributed by atoms with Crippen LogP contribution in [0.1, 0.15) is 16.7 Å². The second-order valence-electron chi connectivity index (χ2n) is 3.19. The lowest BCUT2D eigenvalue weighted by Gasteiger charge is -2.08. The summed E-state index contributed by atoms with van der Waals surface area (Å²) in [6.07, 6.45) is -0.397. The van der Waals surface area contributed by atoms with Gasteiger partial charge in [-0.05, 0) is 30.5 Å². The summed E-state index contributed by atoms with van der Waals surface area (Å²) in [5, 5.41) is 2.41. The smallest absolute Gasteiger partial charge is 0.407 e. The number of carbonyl (C=O) groups is 1. The molecule has 3 heteroatoms. The molecule has 14 heavy (non-hydrogen) atoms. The Bertz CT molecular complexity index is 334. The summed E-state index contributed by atoms with van der Waals surface area (Å²) < 4.78 is 4.96. The van der Waals surface area contributed by atoms with E-state index in [4.69, 9.17) is 4.74 Å². The van der Waals surface area contributed by atoms with Crippen LogP contribution in [0, 0.1) is 13.8 Å². The van der Waals surface area contributed by atoms with Crippen molar-refractivity contribution in [3.8, 4) is 0 Å². The largest absolute Gasteiger partial charge is 0.445 e. The van der Waals surface area contributed by atoms with Crippen molar-refractivity contribution >= 4 is 6.09 Å². The predicted octanol–water partition coefficient (Wildman–Crippen LogP) is 2.16. The van der Waals surface area contributed by atoms with Crippen molar-refractivity contribution in [1.82, 2.24) is 5.32 Å². The number of nitrogens with one attached hydrogen (secondary N) is 1. The summed E-state index contributed by atoms with van der Waals surface area (Å²) in [6.45, 7) is 4.39. The lowest BCUT2D eigenvalue weighted by atomic mass is 10.0. The van der Waals surface area contributed by atoms with Gasteiger partial charge < -0.3 is 10.1 Å². The summed E-state index contributed by atoms with van der Waals surface area (Å²) in [5.41, 5.74) is 3.44. The predicted molar refractivity (Wildman–Crippen MR) is 55.2 cm³/mol. The number of hydrogen-bond donors (Lipinski definition) is 1. The first kappa shape index (κ1) is 10.6. The third kappa shape index (κ3) is 2.49. The maximum atomic E-state index is 10.8. The van der Waals surface area contributed by atoms with Gasteiger partial charge in [-0.2, -0.15) is 0 Å². The fourth-order valence-electron chi connectivity index (χ4n) is 1.18. The van der Waals surface area contributed by atoms with Crippen LogP contribution in [-0.4, -0.2) is 13.1 Å². The minimum atomic E-state index is -0.397. The Morgan fingerprint density at radius 3 is 2.79 bits per heavy atom. The van der Waals surface area contributed by atoms with Crippen LogP contribution < -0.4 is 5.32 Å². The molecule has 76 valence electrons. The van der Waals surface area contributed by atoms with Crippen LogP contribution in [0.25, 0.3) is 0 Å². The molecule has 0 heterocycles. The van der Waals surface area contributed by atoms with Crippen LogP contribution in [0.5, 0.6) is 0 Å². The third-order valence-corrected chi connectivity index (χ3v) is 2.28. The van der Waals surface area contributed by atoms with Crippen molar-refractivity contribution in [1.29, 1.82) is 0 Å². The van der Waals surface area contributed by atoms with Crippen molar-refractivity contribution in [3.63, 3.8) is 0 Å². The fraction of sp³-hybridized carbons (Fsp3) is 0.364. The number of carbonyl (C=O) groups excluding carboxylic acids is 1. The van der Waals surface area contributed by atoms with Gasteiger partial charge in [0.15, 0.2) is 0 Å². The first-order chi connectivity index (χ1) is 6.65. The van der Waals surface area contributed by atoms with E-state index in [0.717, 1.165) is 5.56 Å². The zero-order chi connectivity index (χ0) is 10.6. The Hall–Kier alpha value is -1.51. The molecule has 0 aliphatic carbocycles. The minimum Gasteiger partial charge on any atom is -0.445 e. The Morgan fingerprint density at radius 2 is 2.14 bits per heavy atom. The van der Waals surface area contributed by atoms with E-state index in [-0.39, 0.29) is 0 Å². The van der Waals surface area contributed by atoms with Gasteiger partial charge in [-0.1, -0.05) is 18.2 Å². The molecule has 0 aliphatic rings. The van der Waals surface area contributed by atoms with Crippen molar-refractivity contribution in [2.75, 3.05) is 7.05 Å². The molecule has 0 bridgehead atoms. The Morgan fingerprint density at radius 1 is 1.43 bits per heavy atom. The third-order valence-electron chi connectivity index (χ3n) is 2.28. The average molecular weight is 193 g/mol. The summed E-state index contributed by atoms with van der Waals surface area (Å²) in [6, 6.07) is 5.97. The van der Waals surface area contributed by atoms with Crippen LogP contribution in [0.3, 0.4) is 0 Å². The van der Waals surface area contributed by atoms with Crippen molar-refractivity contribution in [2.24, 2.45) is 0 Å². The first-order valence-corrected chi connectivity index (χ1v) is 4.54. The highest BCUT2D eigenvalue weighted by atomic mass is 16.5. The van der Waals surface area contributed by atoms with E-state index >= 15 is 0 Å². The number of benzene rings is 1. The van der Waals surface area contributed by atoms with E-state index < -0.39 is 6.09 Å². The number of ether oxygens (including phenoxy) is 1. The number of hydrogen-bond acceptors (Lipinski definition) is 2. The first-order valence-electron chi connectivity index (χ1n) is 4.54. The molecule has 1 N–H and O–H groups in total. The van der Waals surface area contributed by atoms with Crippen LogP contribution in [0.4, 0.5) is 4.79 Å². The molecule has 0 spiro atoms. The number of aryl methyl sites for hydroxylation is 1. The van der Waals surface area contributed by atoms with Gasteiger partial charge in [-0.15, -0.1) is 0 Å². The van der Waals surface area contributed by atoms with Gasteiger partial charge in [0.25, 0.3) is 0 Å². The van der Waals surface area contributed by atoms with Crippen LogP contribution in [0.2, 0.25) is 0 Å². The molecule has 0 aromatic heterocycles. The van der Waals surface area contributed by atoms with E-state index in [2.05, 4.69) is 5.32 Å². The van der Waals surface area contributed by atoms with Crippen LogP contribution in [0.15, 0.2) is 18.2 Å². The second-order valence-corrected chi connectivity index (χ2v) is 3.19. The molecule has 0 radical (unpaired) electrons. The zero-order valence-electron chi connectivity index (χ0n) is 8.76. The monoisotopic (exact) mass is 193 g/mol. The topological polar surface area (TPSA) is 38.3 Å². The van der Waals surface area contributed by atoms with Gasteiger partial charge in [0.1, 0.15) is 6.61 Å². The number of alkyl carbamates (subject to hydrolysis) is 1. The van der Waals surface area contributed by atoms with Crippen LogP contribution in [-0.2, 0) is 11.3 Å². The van der Waals surface area contributed by atoms with Crippen molar-refractivity contribution in [2.45, 2.75) is 20.5 Å². The van der Waals surface area contributed by atoms with Crippen molar-refractivity contribution < 1.29 is 9.53 Å². The lowest BCUT2D eigenvalue weighted by Crippen LogP contribution is -2.19. The van der Waals surface area contributed by atoms with Crippen LogP contribution >= 0.6 is 0 Å². The number of rotatable bonds is 2. The van der Waals surface area contributed by atoms with E-state index in [1.165, 1.54) is 11.1 Å². The highest BCUT2D eigenvalue weighted by molar-refractivity contribution is 5.66. The zero-order valence-corrected chi connectivity index (χ0v) is 8.76. The van der Waals surface area contributed by atoms with Crippen molar-refractivity contribution in [3.05, 3.63) is 34.9 Å². The summed E-state index contributed by atoms with van der Waals surface area (Å²) >= 11 is 0. The molecule has 1 amide bonds. The Balaban J connectivity index is 2.68. The fourth-order valence-corrected chi connectivity index (χ4v) is 1.18. The molecular formula is C11H15NO2. The molecule has 1 aromatic rings. The molecule has 0 atom stereocenters. The molecule has 0 saturated heterocycles. The van der Waals surface area contributed by atoms with Gasteiger partial charge in [0.2, 0.25) is 0 Å². The molecule has 0 aliphatic heterocycles. The SMILES string of the molecule is CNC(=O)OCc1cccc(C)c1C. The lowest BCUT2D eigenvalue weighted by molar-refractivity contribution is 0.141. The minimum absolute atomic E-state index is 0.327. The normalized spacial score (nSPS) is 9.64. The van der Waals surface area contributed by atoms with Gasteiger partial charge in [0, 0.05) is 7.05 Å². The molecule has 0 unspecified atom stereocenters. The van der Waals surface area contributed by atoms with Gasteiger partial charge in [-0.3, -0.25) is 0 Å². The molecular weight excluding hydrogens is 178 g/mol. The maximum absolute atomic E-state index is 10.8. The molecule has 0 fully saturated rings. The Labute approximate surface area is 84.1 Å². The number of amides is 1. The highest BCUT2D eigenvalue weighted by Crippen LogP contribution is 2.13. The molecule has 0 saturated carbocycles.